The summed E-state index contributed by atoms with van der Waals surface area (Å²) in [6.07, 6.45) is 1.59. The van der Waals surface area contributed by atoms with E-state index in [1.807, 2.05) is 20.8 Å². The van der Waals surface area contributed by atoms with Gasteiger partial charge in [0, 0.05) is 25.0 Å². The van der Waals surface area contributed by atoms with Crippen molar-refractivity contribution in [1.82, 2.24) is 10.3 Å². The van der Waals surface area contributed by atoms with Gasteiger partial charge in [-0.2, -0.15) is 0 Å². The highest BCUT2D eigenvalue weighted by Gasteiger charge is 2.19. The van der Waals surface area contributed by atoms with Crippen molar-refractivity contribution in [1.29, 1.82) is 0 Å². The molecule has 0 bridgehead atoms. The first-order valence-electron chi connectivity index (χ1n) is 5.30. The van der Waals surface area contributed by atoms with Crippen LogP contribution in [0.25, 0.3) is 0 Å². The molecule has 5 heteroatoms. The van der Waals surface area contributed by atoms with Gasteiger partial charge in [0.1, 0.15) is 5.69 Å². The van der Waals surface area contributed by atoms with Crippen LogP contribution in [0, 0.1) is 0 Å². The van der Waals surface area contributed by atoms with E-state index in [0.717, 1.165) is 0 Å². The van der Waals surface area contributed by atoms with Crippen molar-refractivity contribution >= 4 is 11.6 Å². The fraction of sp³-hybridized carbons (Fsp3) is 0.545. The van der Waals surface area contributed by atoms with Gasteiger partial charge in [-0.15, -0.1) is 0 Å². The summed E-state index contributed by atoms with van der Waals surface area (Å²) in [4.78, 5) is 14.5. The molecular formula is C11H19N3O2. The fourth-order valence-electron chi connectivity index (χ4n) is 1.37. The summed E-state index contributed by atoms with van der Waals surface area (Å²) >= 11 is 0. The molecule has 4 N–H and O–H groups in total. The smallest absolute Gasteiger partial charge is 0.267 e. The molecule has 90 valence electrons. The molecule has 0 radical (unpaired) electrons. The molecule has 0 fully saturated rings. The van der Waals surface area contributed by atoms with Crippen LogP contribution in [0.1, 0.15) is 31.3 Å². The molecule has 1 amide bonds. The van der Waals surface area contributed by atoms with Crippen molar-refractivity contribution in [3.8, 4) is 0 Å². The van der Waals surface area contributed by atoms with Crippen LogP contribution in [-0.2, 0) is 4.74 Å². The van der Waals surface area contributed by atoms with Crippen LogP contribution in [0.5, 0.6) is 0 Å². The van der Waals surface area contributed by atoms with Crippen LogP contribution in [0.4, 0.5) is 5.69 Å². The molecule has 5 nitrogen and oxygen atoms in total. The maximum Gasteiger partial charge on any atom is 0.267 e. The van der Waals surface area contributed by atoms with Gasteiger partial charge in [0.25, 0.3) is 5.91 Å². The van der Waals surface area contributed by atoms with Crippen molar-refractivity contribution in [3.63, 3.8) is 0 Å². The Labute approximate surface area is 95.4 Å². The summed E-state index contributed by atoms with van der Waals surface area (Å²) in [6.45, 7) is 6.87. The second-order valence-electron chi connectivity index (χ2n) is 4.22. The maximum atomic E-state index is 11.7. The quantitative estimate of drug-likeness (QED) is 0.703. The van der Waals surface area contributed by atoms with Crippen molar-refractivity contribution in [3.05, 3.63) is 18.0 Å². The Morgan fingerprint density at radius 1 is 1.62 bits per heavy atom. The molecule has 0 spiro atoms. The Hall–Kier alpha value is -1.49. The van der Waals surface area contributed by atoms with E-state index in [4.69, 9.17) is 10.5 Å². The highest BCUT2D eigenvalue weighted by atomic mass is 16.5. The summed E-state index contributed by atoms with van der Waals surface area (Å²) in [5, 5.41) is 2.79. The number of amides is 1. The van der Waals surface area contributed by atoms with Crippen molar-refractivity contribution in [2.75, 3.05) is 18.9 Å². The van der Waals surface area contributed by atoms with Crippen LogP contribution in [0.15, 0.2) is 12.3 Å². The molecule has 1 rings (SSSR count). The average Bonchev–Trinajstić information content (AvgIpc) is 2.61. The summed E-state index contributed by atoms with van der Waals surface area (Å²) in [7, 11) is 0. The average molecular weight is 225 g/mol. The van der Waals surface area contributed by atoms with Crippen molar-refractivity contribution < 1.29 is 9.53 Å². The van der Waals surface area contributed by atoms with E-state index in [1.54, 1.807) is 12.3 Å². The second kappa shape index (κ2) is 5.03. The lowest BCUT2D eigenvalue weighted by Crippen LogP contribution is -2.40. The number of nitrogens with two attached hydrogens (primary N) is 1. The summed E-state index contributed by atoms with van der Waals surface area (Å²) in [6, 6.07) is 1.60. The Bertz CT molecular complexity index is 358. The number of carbonyl (C=O) groups excluding carboxylic acids is 1. The summed E-state index contributed by atoms with van der Waals surface area (Å²) in [5.41, 5.74) is 6.16. The molecule has 1 aromatic rings. The minimum atomic E-state index is -0.359. The van der Waals surface area contributed by atoms with E-state index in [2.05, 4.69) is 10.3 Å². The topological polar surface area (TPSA) is 80.1 Å². The third-order valence-corrected chi connectivity index (χ3v) is 2.16. The molecule has 0 aliphatic heterocycles. The number of anilines is 1. The first-order valence-corrected chi connectivity index (χ1v) is 5.30. The number of hydrogen-bond acceptors (Lipinski definition) is 3. The molecule has 1 aromatic heterocycles. The maximum absolute atomic E-state index is 11.7. The van der Waals surface area contributed by atoms with E-state index >= 15 is 0 Å². The number of H-pyrrole nitrogens is 1. The van der Waals surface area contributed by atoms with Crippen molar-refractivity contribution in [2.24, 2.45) is 0 Å². The molecule has 0 aliphatic rings. The Morgan fingerprint density at radius 2 is 2.31 bits per heavy atom. The van der Waals surface area contributed by atoms with Crippen LogP contribution in [0.3, 0.4) is 0 Å². The highest BCUT2D eigenvalue weighted by molar-refractivity contribution is 5.93. The van der Waals surface area contributed by atoms with Gasteiger partial charge in [-0.25, -0.2) is 0 Å². The Kier molecular flexibility index (Phi) is 3.95. The van der Waals surface area contributed by atoms with Gasteiger partial charge in [0.15, 0.2) is 0 Å². The standard InChI is InChI=1S/C11H19N3O2/c1-4-16-11(2,3)7-14-10(15)9-5-8(12)6-13-9/h5-6,13H,4,7,12H2,1-3H3,(H,14,15). The molecule has 0 aliphatic carbocycles. The van der Waals surface area contributed by atoms with Gasteiger partial charge in [0.2, 0.25) is 0 Å². The molecule has 0 aromatic carbocycles. The monoisotopic (exact) mass is 225 g/mol. The number of aromatic amines is 1. The van der Waals surface area contributed by atoms with Gasteiger partial charge >= 0.3 is 0 Å². The lowest BCUT2D eigenvalue weighted by atomic mass is 10.1. The van der Waals surface area contributed by atoms with Gasteiger partial charge in [0.05, 0.1) is 5.60 Å². The fourth-order valence-corrected chi connectivity index (χ4v) is 1.37. The third kappa shape index (κ3) is 3.58. The second-order valence-corrected chi connectivity index (χ2v) is 4.22. The lowest BCUT2D eigenvalue weighted by molar-refractivity contribution is -0.00818. The van der Waals surface area contributed by atoms with Crippen LogP contribution >= 0.6 is 0 Å². The largest absolute Gasteiger partial charge is 0.397 e. The number of ether oxygens (including phenoxy) is 1. The predicted octanol–water partition coefficient (Wildman–Crippen LogP) is 1.14. The number of aromatic nitrogens is 1. The van der Waals surface area contributed by atoms with Gasteiger partial charge in [-0.3, -0.25) is 4.79 Å². The van der Waals surface area contributed by atoms with E-state index in [1.165, 1.54) is 0 Å². The lowest BCUT2D eigenvalue weighted by Gasteiger charge is -2.24. The zero-order valence-corrected chi connectivity index (χ0v) is 9.96. The highest BCUT2D eigenvalue weighted by Crippen LogP contribution is 2.08. The molecular weight excluding hydrogens is 206 g/mol. The Morgan fingerprint density at radius 3 is 2.81 bits per heavy atom. The molecule has 1 heterocycles. The molecule has 0 unspecified atom stereocenters. The molecule has 0 saturated heterocycles. The van der Waals surface area contributed by atoms with E-state index < -0.39 is 0 Å². The number of nitrogen functional groups attached to an aromatic ring is 1. The summed E-state index contributed by atoms with van der Waals surface area (Å²) < 4.78 is 5.47. The number of hydrogen-bond donors (Lipinski definition) is 3. The number of rotatable bonds is 5. The first-order chi connectivity index (χ1) is 7.44. The minimum Gasteiger partial charge on any atom is -0.397 e. The number of nitrogens with one attached hydrogen (secondary N) is 2. The summed E-state index contributed by atoms with van der Waals surface area (Å²) in [5.74, 6) is -0.176. The van der Waals surface area contributed by atoms with Crippen LogP contribution < -0.4 is 11.1 Å². The zero-order chi connectivity index (χ0) is 12.2. The molecule has 0 saturated carbocycles. The van der Waals surface area contributed by atoms with Crippen LogP contribution in [0.2, 0.25) is 0 Å². The molecule has 0 atom stereocenters. The normalized spacial score (nSPS) is 11.4. The predicted molar refractivity (Wildman–Crippen MR) is 63.2 cm³/mol. The SMILES string of the molecule is CCOC(C)(C)CNC(=O)c1cc(N)c[nH]1. The number of carbonyl (C=O) groups is 1. The molecule has 16 heavy (non-hydrogen) atoms. The van der Waals surface area contributed by atoms with Crippen LogP contribution in [-0.4, -0.2) is 29.6 Å². The zero-order valence-electron chi connectivity index (χ0n) is 9.96. The van der Waals surface area contributed by atoms with Crippen molar-refractivity contribution in [2.45, 2.75) is 26.4 Å². The van der Waals surface area contributed by atoms with Gasteiger partial charge in [-0.1, -0.05) is 0 Å². The van der Waals surface area contributed by atoms with E-state index in [0.29, 0.717) is 24.5 Å². The van der Waals surface area contributed by atoms with Gasteiger partial charge < -0.3 is 20.8 Å². The van der Waals surface area contributed by atoms with Gasteiger partial charge in [-0.05, 0) is 26.8 Å². The third-order valence-electron chi connectivity index (χ3n) is 2.16. The van der Waals surface area contributed by atoms with E-state index in [9.17, 15) is 4.79 Å². The first kappa shape index (κ1) is 12.6. The Balaban J connectivity index is 2.47. The minimum absolute atomic E-state index is 0.176. The van der Waals surface area contributed by atoms with E-state index in [-0.39, 0.29) is 11.5 Å².